The average molecular weight is 664 g/mol. The lowest BCUT2D eigenvalue weighted by Gasteiger charge is -2.28. The van der Waals surface area contributed by atoms with E-state index in [2.05, 4.69) is 10.2 Å². The van der Waals surface area contributed by atoms with Crippen molar-refractivity contribution in [1.82, 2.24) is 24.1 Å². The zero-order valence-electron chi connectivity index (χ0n) is 27.0. The smallest absolute Gasteiger partial charge is 0.333 e. The van der Waals surface area contributed by atoms with Crippen LogP contribution in [0.25, 0.3) is 15.2 Å². The van der Waals surface area contributed by atoms with E-state index in [0.717, 1.165) is 21.5 Å². The van der Waals surface area contributed by atoms with Crippen molar-refractivity contribution in [2.24, 2.45) is 5.92 Å². The minimum absolute atomic E-state index is 0.00218. The van der Waals surface area contributed by atoms with Crippen LogP contribution >= 0.6 is 11.3 Å². The van der Waals surface area contributed by atoms with E-state index in [-0.39, 0.29) is 49.9 Å². The van der Waals surface area contributed by atoms with Crippen LogP contribution < -0.4 is 16.0 Å². The maximum absolute atomic E-state index is 14.8. The third-order valence-electron chi connectivity index (χ3n) is 7.94. The van der Waals surface area contributed by atoms with Crippen molar-refractivity contribution in [2.75, 3.05) is 13.2 Å². The number of rotatable bonds is 14. The van der Waals surface area contributed by atoms with Crippen molar-refractivity contribution in [3.05, 3.63) is 104 Å². The first-order valence-corrected chi connectivity index (χ1v) is 16.1. The van der Waals surface area contributed by atoms with E-state index in [9.17, 15) is 23.9 Å². The summed E-state index contributed by atoms with van der Waals surface area (Å²) in [5.74, 6) is -0.491. The van der Waals surface area contributed by atoms with Crippen LogP contribution in [0.2, 0.25) is 0 Å². The Morgan fingerprint density at radius 1 is 1.09 bits per heavy atom. The number of hydrogen-bond acceptors (Lipinski definition) is 9. The third-order valence-corrected chi connectivity index (χ3v) is 9.22. The Hall–Kier alpha value is -4.46. The molecule has 0 bridgehead atoms. The molecule has 0 saturated heterocycles. The number of halogens is 1. The molecule has 1 N–H and O–H groups in total. The van der Waals surface area contributed by atoms with E-state index in [1.807, 2.05) is 44.2 Å². The fraction of sp³-hybridized carbons (Fsp3) is 0.382. The summed E-state index contributed by atoms with van der Waals surface area (Å²) in [6, 6.07) is 13.5. The Labute approximate surface area is 274 Å². The van der Waals surface area contributed by atoms with Gasteiger partial charge in [0, 0.05) is 17.5 Å². The highest BCUT2D eigenvalue weighted by Gasteiger charge is 2.36. The number of fused-ring (bicyclic) bond motifs is 1. The summed E-state index contributed by atoms with van der Waals surface area (Å²) in [5, 5.41) is 18.9. The van der Waals surface area contributed by atoms with Crippen LogP contribution in [0, 0.1) is 18.7 Å². The molecule has 0 aliphatic carbocycles. The van der Waals surface area contributed by atoms with E-state index < -0.39 is 28.7 Å². The Morgan fingerprint density at radius 3 is 2.45 bits per heavy atom. The number of aliphatic hydroxyl groups excluding tert-OH is 1. The van der Waals surface area contributed by atoms with Crippen LogP contribution in [-0.2, 0) is 28.2 Å². The molecule has 1 atom stereocenters. The quantitative estimate of drug-likeness (QED) is 0.177. The van der Waals surface area contributed by atoms with Crippen LogP contribution in [0.1, 0.15) is 56.9 Å². The van der Waals surface area contributed by atoms with Gasteiger partial charge in [0.15, 0.2) is 5.78 Å². The molecular formula is C34H38FN5O6S. The predicted molar refractivity (Wildman–Crippen MR) is 177 cm³/mol. The fourth-order valence-electron chi connectivity index (χ4n) is 5.48. The molecule has 0 saturated carbocycles. The Morgan fingerprint density at radius 2 is 1.79 bits per heavy atom. The van der Waals surface area contributed by atoms with Gasteiger partial charge in [-0.3, -0.25) is 14.2 Å². The zero-order chi connectivity index (χ0) is 33.9. The number of nitrogens with zero attached hydrogens (tertiary/aromatic N) is 5. The standard InChI is InChI=1S/C34H38FN5O6S/c1-21(2)17-28(42)34(4,5)39-30(43)29-22(3)31(40-36-13-14-37-40)47-32(29)38(33(39)44)19-27(45-16-15-41)25-18-24(35)11-12-26(25)46-20-23-9-7-6-8-10-23/h6-14,18,21,27,41H,15-17,19-20H2,1-5H3/t27-/m0/s1. The number of ether oxygens (including phenoxy) is 2. The molecule has 248 valence electrons. The first-order valence-electron chi connectivity index (χ1n) is 15.3. The van der Waals surface area contributed by atoms with E-state index in [1.165, 1.54) is 40.0 Å². The van der Waals surface area contributed by atoms with Crippen molar-refractivity contribution >= 4 is 27.3 Å². The lowest BCUT2D eigenvalue weighted by Crippen LogP contribution is -2.53. The summed E-state index contributed by atoms with van der Waals surface area (Å²) < 4.78 is 29.4. The summed E-state index contributed by atoms with van der Waals surface area (Å²) in [6.45, 7) is 8.20. The second-order valence-electron chi connectivity index (χ2n) is 12.2. The van der Waals surface area contributed by atoms with E-state index in [0.29, 0.717) is 26.7 Å². The van der Waals surface area contributed by atoms with Gasteiger partial charge in [-0.25, -0.2) is 13.8 Å². The Bertz CT molecular complexity index is 1980. The van der Waals surface area contributed by atoms with Gasteiger partial charge in [-0.2, -0.15) is 10.2 Å². The molecule has 5 aromatic rings. The number of carbonyl (C=O) groups excluding carboxylic acids is 1. The molecular weight excluding hydrogens is 625 g/mol. The third kappa shape index (κ3) is 6.97. The number of aromatic nitrogens is 5. The van der Waals surface area contributed by atoms with Gasteiger partial charge in [0.25, 0.3) is 5.56 Å². The number of aliphatic hydroxyl groups is 1. The molecule has 11 nitrogen and oxygen atoms in total. The number of benzene rings is 2. The predicted octanol–water partition coefficient (Wildman–Crippen LogP) is 4.93. The molecule has 47 heavy (non-hydrogen) atoms. The molecule has 0 radical (unpaired) electrons. The first kappa shape index (κ1) is 33.9. The maximum Gasteiger partial charge on any atom is 0.333 e. The van der Waals surface area contributed by atoms with Crippen LogP contribution in [0.4, 0.5) is 4.39 Å². The molecule has 3 heterocycles. The summed E-state index contributed by atoms with van der Waals surface area (Å²) in [4.78, 5) is 43.9. The number of carbonyl (C=O) groups is 1. The topological polar surface area (TPSA) is 130 Å². The minimum Gasteiger partial charge on any atom is -0.489 e. The monoisotopic (exact) mass is 663 g/mol. The van der Waals surface area contributed by atoms with Crippen LogP contribution in [-0.4, -0.2) is 48.2 Å². The molecule has 0 aliphatic rings. The second-order valence-corrected chi connectivity index (χ2v) is 13.2. The van der Waals surface area contributed by atoms with Crippen molar-refractivity contribution in [3.63, 3.8) is 0 Å². The Balaban J connectivity index is 1.71. The molecule has 0 amide bonds. The maximum atomic E-state index is 14.8. The molecule has 0 unspecified atom stereocenters. The van der Waals surface area contributed by atoms with Gasteiger partial charge in [-0.1, -0.05) is 55.5 Å². The second kappa shape index (κ2) is 14.1. The van der Waals surface area contributed by atoms with Crippen LogP contribution in [0.3, 0.4) is 0 Å². The number of hydrogen-bond donors (Lipinski definition) is 1. The lowest BCUT2D eigenvalue weighted by atomic mass is 9.91. The molecule has 5 rings (SSSR count). The molecule has 3 aromatic heterocycles. The fourth-order valence-corrected chi connectivity index (χ4v) is 6.70. The molecule has 0 aliphatic heterocycles. The SMILES string of the molecule is Cc1c(-n2nccn2)sc2c1c(=O)n(C(C)(C)C(=O)CC(C)C)c(=O)n2C[C@H](OCCO)c1cc(F)ccc1OCc1ccccc1. The highest BCUT2D eigenvalue weighted by Crippen LogP contribution is 2.35. The van der Waals surface area contributed by atoms with Gasteiger partial charge in [-0.15, -0.1) is 4.80 Å². The summed E-state index contributed by atoms with van der Waals surface area (Å²) in [7, 11) is 0. The first-order chi connectivity index (χ1) is 22.4. The normalized spacial score (nSPS) is 12.6. The summed E-state index contributed by atoms with van der Waals surface area (Å²) in [5.41, 5.74) is -1.09. The van der Waals surface area contributed by atoms with E-state index >= 15 is 0 Å². The Kier molecular flexibility index (Phi) is 10.2. The number of ketones is 1. The van der Waals surface area contributed by atoms with E-state index in [4.69, 9.17) is 9.47 Å². The average Bonchev–Trinajstić information content (AvgIpc) is 3.68. The molecule has 13 heteroatoms. The number of aryl methyl sites for hydroxylation is 1. The van der Waals surface area contributed by atoms with Gasteiger partial charge in [0.2, 0.25) is 0 Å². The van der Waals surface area contributed by atoms with Gasteiger partial charge in [-0.05, 0) is 50.5 Å². The summed E-state index contributed by atoms with van der Waals surface area (Å²) >= 11 is 1.14. The van der Waals surface area contributed by atoms with Gasteiger partial charge < -0.3 is 14.6 Å². The number of thiophene rings is 1. The lowest BCUT2D eigenvalue weighted by molar-refractivity contribution is -0.127. The van der Waals surface area contributed by atoms with Gasteiger partial charge in [0.05, 0.1) is 37.5 Å². The highest BCUT2D eigenvalue weighted by atomic mass is 32.1. The highest BCUT2D eigenvalue weighted by molar-refractivity contribution is 7.21. The van der Waals surface area contributed by atoms with Crippen LogP contribution in [0.5, 0.6) is 5.75 Å². The van der Waals surface area contributed by atoms with Crippen molar-refractivity contribution < 1.29 is 23.8 Å². The van der Waals surface area contributed by atoms with Crippen molar-refractivity contribution in [3.8, 4) is 10.8 Å². The zero-order valence-corrected chi connectivity index (χ0v) is 27.8. The molecule has 2 aromatic carbocycles. The minimum atomic E-state index is -1.49. The van der Waals surface area contributed by atoms with Crippen molar-refractivity contribution in [2.45, 2.75) is 65.8 Å². The molecule has 0 spiro atoms. The largest absolute Gasteiger partial charge is 0.489 e. The van der Waals surface area contributed by atoms with Crippen LogP contribution in [0.15, 0.2) is 70.5 Å². The number of Topliss-reactive ketones (excluding diaryl/α,β-unsaturated/α-hetero) is 1. The van der Waals surface area contributed by atoms with Gasteiger partial charge in [0.1, 0.15) is 39.6 Å². The van der Waals surface area contributed by atoms with Gasteiger partial charge >= 0.3 is 5.69 Å². The molecule has 0 fully saturated rings. The summed E-state index contributed by atoms with van der Waals surface area (Å²) in [6.07, 6.45) is 2.17. The van der Waals surface area contributed by atoms with E-state index in [1.54, 1.807) is 20.8 Å². The van der Waals surface area contributed by atoms with Crippen molar-refractivity contribution in [1.29, 1.82) is 0 Å².